The first-order valence-electron chi connectivity index (χ1n) is 34.1. The third-order valence-corrected chi connectivity index (χ3v) is 20.4. The fraction of sp³-hybridized carbons (Fsp3) is 0.0426. The summed E-state index contributed by atoms with van der Waals surface area (Å²) < 4.78 is 13.9. The van der Waals surface area contributed by atoms with Gasteiger partial charge in [-0.3, -0.25) is 13.7 Å². The molecule has 0 spiro atoms. The molecule has 3 heterocycles. The molecular weight excluding hydrogens is 1200 g/mol. The van der Waals surface area contributed by atoms with Gasteiger partial charge in [0.1, 0.15) is 17.3 Å². The number of pyridine rings is 1. The highest BCUT2D eigenvalue weighted by Crippen LogP contribution is 2.52. The molecule has 3 aromatic heterocycles. The molecule has 0 saturated carbocycles. The summed E-state index contributed by atoms with van der Waals surface area (Å²) in [7, 11) is 0. The highest BCUT2D eigenvalue weighted by molar-refractivity contribution is 6.10. The first kappa shape index (κ1) is 57.7. The van der Waals surface area contributed by atoms with Crippen LogP contribution in [0.3, 0.4) is 0 Å². The fourth-order valence-corrected chi connectivity index (χ4v) is 15.7. The smallest absolute Gasteiger partial charge is 0.269 e. The van der Waals surface area contributed by atoms with Crippen molar-refractivity contribution in [1.82, 2.24) is 14.1 Å². The quantitative estimate of drug-likeness (QED) is 0.112. The van der Waals surface area contributed by atoms with Crippen LogP contribution in [0.4, 0.5) is 0 Å². The summed E-state index contributed by atoms with van der Waals surface area (Å²) in [6, 6.07) is 120. The maximum Gasteiger partial charge on any atom is 0.269 e. The second-order valence-electron chi connectivity index (χ2n) is 27.1. The van der Waals surface area contributed by atoms with E-state index in [-0.39, 0.29) is 5.41 Å². The van der Waals surface area contributed by atoms with E-state index in [1.54, 1.807) is 0 Å². The number of hydrogen-bond donors (Lipinski definition) is 0. The lowest BCUT2D eigenvalue weighted by Gasteiger charge is -2.25. The molecule has 2 aliphatic rings. The molecule has 0 radical (unpaired) electrons. The minimum absolute atomic E-state index is 0.0549. The lowest BCUT2D eigenvalue weighted by Crippen LogP contribution is -2.31. The van der Waals surface area contributed by atoms with Gasteiger partial charge in [-0.2, -0.15) is 0 Å². The highest BCUT2D eigenvalue weighted by Gasteiger charge is 2.28. The zero-order valence-electron chi connectivity index (χ0n) is 55.0. The predicted octanol–water partition coefficient (Wildman–Crippen LogP) is 24.3. The summed E-state index contributed by atoms with van der Waals surface area (Å²) in [6.07, 6.45) is 6.03. The third kappa shape index (κ3) is 9.60. The average Bonchev–Trinajstić information content (AvgIpc) is 1.42. The van der Waals surface area contributed by atoms with E-state index in [4.69, 9.17) is 9.72 Å². The molecule has 0 bridgehead atoms. The zero-order valence-corrected chi connectivity index (χ0v) is 55.0. The van der Waals surface area contributed by atoms with Crippen molar-refractivity contribution in [3.8, 4) is 151 Å². The van der Waals surface area contributed by atoms with Crippen LogP contribution in [0.25, 0.3) is 172 Å². The van der Waals surface area contributed by atoms with Crippen LogP contribution in [0.5, 0.6) is 11.5 Å². The fourth-order valence-electron chi connectivity index (χ4n) is 15.7. The number of fused-ring (bicyclic) bond motifs is 20. The van der Waals surface area contributed by atoms with Gasteiger partial charge < -0.3 is 4.74 Å². The number of ether oxygens (including phenoxy) is 1. The Morgan fingerprint density at radius 2 is 0.758 bits per heavy atom. The van der Waals surface area contributed by atoms with E-state index in [2.05, 4.69) is 362 Å². The molecule has 2 aliphatic carbocycles. The molecule has 0 fully saturated rings. The van der Waals surface area contributed by atoms with Gasteiger partial charge in [-0.1, -0.05) is 276 Å². The Kier molecular flexibility index (Phi) is 13.4. The molecule has 5 nitrogen and oxygen atoms in total. The average molecular weight is 1270 g/mol. The first-order chi connectivity index (χ1) is 48.7. The Balaban J connectivity index is 0.834. The molecule has 0 N–H and O–H groups in total. The van der Waals surface area contributed by atoms with Crippen molar-refractivity contribution in [3.63, 3.8) is 0 Å². The molecule has 19 rings (SSSR count). The number of hydrogen-bond acceptors (Lipinski definition) is 2. The minimum Gasteiger partial charge on any atom is -0.458 e. The molecule has 0 amide bonds. The molecule has 0 atom stereocenters. The van der Waals surface area contributed by atoms with Gasteiger partial charge in [0.2, 0.25) is 0 Å². The summed E-state index contributed by atoms with van der Waals surface area (Å²) >= 11 is 0. The van der Waals surface area contributed by atoms with Gasteiger partial charge in [-0.05, 0) is 200 Å². The zero-order chi connectivity index (χ0) is 65.9. The van der Waals surface area contributed by atoms with E-state index in [1.807, 2.05) is 12.3 Å². The van der Waals surface area contributed by atoms with Crippen LogP contribution in [0, 0.1) is 6.33 Å². The monoisotopic (exact) mass is 1260 g/mol. The van der Waals surface area contributed by atoms with Crippen molar-refractivity contribution in [1.29, 1.82) is 0 Å². The van der Waals surface area contributed by atoms with Gasteiger partial charge >= 0.3 is 0 Å². The van der Waals surface area contributed by atoms with Crippen LogP contribution in [0.2, 0.25) is 0 Å². The van der Waals surface area contributed by atoms with Crippen molar-refractivity contribution < 1.29 is 9.30 Å². The van der Waals surface area contributed by atoms with Crippen LogP contribution >= 0.6 is 0 Å². The van der Waals surface area contributed by atoms with Crippen molar-refractivity contribution >= 4 is 32.8 Å². The van der Waals surface area contributed by atoms with Crippen molar-refractivity contribution in [2.45, 2.75) is 26.2 Å². The normalized spacial score (nSPS) is 12.0. The van der Waals surface area contributed by atoms with Gasteiger partial charge in [0.05, 0.1) is 33.4 Å². The first-order valence-corrected chi connectivity index (χ1v) is 34.1. The van der Waals surface area contributed by atoms with Gasteiger partial charge in [0.15, 0.2) is 0 Å². The third-order valence-electron chi connectivity index (χ3n) is 20.4. The largest absolute Gasteiger partial charge is 0.458 e. The minimum atomic E-state index is -0.0549. The molecule has 5 heteroatoms. The van der Waals surface area contributed by atoms with Crippen molar-refractivity contribution in [3.05, 3.63) is 346 Å². The Morgan fingerprint density at radius 3 is 1.29 bits per heavy atom. The van der Waals surface area contributed by atoms with E-state index in [0.717, 1.165) is 89.2 Å². The Hall–Kier alpha value is -12.7. The summed E-state index contributed by atoms with van der Waals surface area (Å²) in [5, 5.41) is 2.29. The van der Waals surface area contributed by atoms with Gasteiger partial charge in [-0.15, -0.1) is 0 Å². The van der Waals surface area contributed by atoms with E-state index in [0.29, 0.717) is 5.75 Å². The lowest BCUT2D eigenvalue weighted by molar-refractivity contribution is -0.571. The van der Waals surface area contributed by atoms with Crippen molar-refractivity contribution in [2.75, 3.05) is 0 Å². The number of rotatable bonds is 8. The highest BCUT2D eigenvalue weighted by atomic mass is 16.5. The Labute approximate surface area is 575 Å². The van der Waals surface area contributed by atoms with Crippen LogP contribution in [0.15, 0.2) is 334 Å². The molecule has 0 aliphatic heterocycles. The van der Waals surface area contributed by atoms with Crippen LogP contribution in [0.1, 0.15) is 26.3 Å². The SMILES string of the molecule is CC(C)(C)c1ccnc(-n2c3ccccc3c3ccc(Oc4cccc(-n5[c-][n+](-c6c(-c7ccc8c(c7)-c7ccccc7-c7ccccc7-c7ccccc7-8)cccc6-c6ccc7c(c6)-c6ccccc6-c6ccccc6-c6ccccc6-7)c6cc(-c7ccccc7)ccc65)c4)cc32)c1. The Bertz CT molecular complexity index is 5920. The second kappa shape index (κ2) is 23.0. The molecule has 466 valence electrons. The summed E-state index contributed by atoms with van der Waals surface area (Å²) in [5.74, 6) is 2.29. The van der Waals surface area contributed by atoms with Crippen molar-refractivity contribution in [2.24, 2.45) is 0 Å². The molecule has 0 unspecified atom stereocenters. The van der Waals surface area contributed by atoms with E-state index < -0.39 is 0 Å². The van der Waals surface area contributed by atoms with Crippen LogP contribution in [-0.2, 0) is 5.41 Å². The van der Waals surface area contributed by atoms with Gasteiger partial charge in [0.25, 0.3) is 6.33 Å². The molecule has 0 saturated heterocycles. The molecule has 99 heavy (non-hydrogen) atoms. The van der Waals surface area contributed by atoms with E-state index >= 15 is 0 Å². The molecule has 17 aromatic rings. The van der Waals surface area contributed by atoms with Crippen LogP contribution in [-0.4, -0.2) is 14.1 Å². The summed E-state index contributed by atoms with van der Waals surface area (Å²) in [4.78, 5) is 4.98. The lowest BCUT2D eigenvalue weighted by atomic mass is 9.79. The topological polar surface area (TPSA) is 35.9 Å². The van der Waals surface area contributed by atoms with Crippen LogP contribution < -0.4 is 9.30 Å². The maximum atomic E-state index is 7.04. The summed E-state index contributed by atoms with van der Waals surface area (Å²) in [5.41, 5.74) is 32.9. The number of benzene rings is 14. The number of nitrogens with zero attached hydrogens (tertiary/aromatic N) is 4. The molecule has 14 aromatic carbocycles. The van der Waals surface area contributed by atoms with E-state index in [1.165, 1.54) is 94.6 Å². The number of para-hydroxylation sites is 2. The second-order valence-corrected chi connectivity index (χ2v) is 27.1. The van der Waals surface area contributed by atoms with Gasteiger partial charge in [-0.25, -0.2) is 4.98 Å². The number of imidazole rings is 1. The summed E-state index contributed by atoms with van der Waals surface area (Å²) in [6.45, 7) is 6.74. The van der Waals surface area contributed by atoms with Gasteiger partial charge in [0, 0.05) is 23.0 Å². The number of aromatic nitrogens is 4. The predicted molar refractivity (Wildman–Crippen MR) is 408 cm³/mol. The van der Waals surface area contributed by atoms with E-state index in [9.17, 15) is 0 Å². The Morgan fingerprint density at radius 1 is 0.313 bits per heavy atom. The maximum absolute atomic E-state index is 7.04. The molecular formula is C94H64N4O. The standard InChI is InChI=1S/C94H64N4O/c1-94(2,3)64-51-52-95-92(56-64)98-88-42-20-19-39-84(88)85-49-46-67(58-90(85)98)99-66-26-21-25-65(57-66)96-59-97(91-55-61(45-50-89(91)96)60-23-5-4-6-24-60)93-68(62-43-47-82-78-35-13-11-31-74(78)70-27-7-9-29-72(70)76-33-15-17-37-80(76)86(82)53-62)40-22-41-69(93)63-44-48-83-79-36-14-12-32-75(79)71-28-8-10-30-73(71)77-34-16-18-38-81(77)87(83)54-63/h4-58H,1-3H3.